The summed E-state index contributed by atoms with van der Waals surface area (Å²) in [6, 6.07) is 4.96. The Kier molecular flexibility index (Phi) is 3.05. The van der Waals surface area contributed by atoms with Crippen molar-refractivity contribution in [2.45, 2.75) is 6.36 Å². The molecule has 0 spiro atoms. The van der Waals surface area contributed by atoms with Gasteiger partial charge in [0.25, 0.3) is 0 Å². The van der Waals surface area contributed by atoms with Crippen LogP contribution in [0.2, 0.25) is 0 Å². The fourth-order valence-corrected chi connectivity index (χ4v) is 1.27. The van der Waals surface area contributed by atoms with Crippen molar-refractivity contribution >= 4 is 6.29 Å². The molecule has 1 aromatic carbocycles. The lowest BCUT2D eigenvalue weighted by molar-refractivity contribution is -0.274. The molecule has 2 aromatic rings. The molecule has 0 amide bonds. The van der Waals surface area contributed by atoms with Gasteiger partial charge in [0.2, 0.25) is 5.89 Å². The number of alkyl halides is 3. The molecule has 1 heterocycles. The first-order valence-corrected chi connectivity index (χ1v) is 4.75. The van der Waals surface area contributed by atoms with E-state index in [4.69, 9.17) is 4.42 Å². The second-order valence-electron chi connectivity index (χ2n) is 3.26. The molecule has 1 aromatic heterocycles. The third-order valence-corrected chi connectivity index (χ3v) is 1.97. The lowest BCUT2D eigenvalue weighted by atomic mass is 10.2. The Balaban J connectivity index is 2.19. The van der Waals surface area contributed by atoms with Crippen LogP contribution < -0.4 is 4.74 Å². The van der Waals surface area contributed by atoms with E-state index in [9.17, 15) is 18.0 Å². The smallest absolute Gasteiger partial charge is 0.433 e. The molecule has 0 aliphatic carbocycles. The molecule has 0 aliphatic heterocycles. The van der Waals surface area contributed by atoms with Crippen molar-refractivity contribution in [1.82, 2.24) is 4.98 Å². The predicted octanol–water partition coefficient (Wildman–Crippen LogP) is 3.05. The van der Waals surface area contributed by atoms with Gasteiger partial charge >= 0.3 is 6.36 Å². The van der Waals surface area contributed by atoms with Crippen LogP contribution >= 0.6 is 0 Å². The van der Waals surface area contributed by atoms with Gasteiger partial charge in [-0.25, -0.2) is 4.98 Å². The van der Waals surface area contributed by atoms with Gasteiger partial charge in [0.05, 0.1) is 6.20 Å². The molecule has 0 atom stereocenters. The number of benzene rings is 1. The van der Waals surface area contributed by atoms with Gasteiger partial charge in [-0.3, -0.25) is 4.79 Å². The molecule has 0 radical (unpaired) electrons. The molecule has 0 N–H and O–H groups in total. The monoisotopic (exact) mass is 257 g/mol. The van der Waals surface area contributed by atoms with E-state index in [1.54, 1.807) is 0 Å². The minimum absolute atomic E-state index is 0.0422. The number of halogens is 3. The van der Waals surface area contributed by atoms with Crippen LogP contribution in [0.15, 0.2) is 34.9 Å². The maximum absolute atomic E-state index is 11.9. The van der Waals surface area contributed by atoms with E-state index >= 15 is 0 Å². The quantitative estimate of drug-likeness (QED) is 0.793. The van der Waals surface area contributed by atoms with Crippen molar-refractivity contribution in [3.05, 3.63) is 36.2 Å². The number of hydrogen-bond donors (Lipinski definition) is 0. The molecule has 2 rings (SSSR count). The number of aromatic nitrogens is 1. The molecular formula is C11H6F3NO3. The van der Waals surface area contributed by atoms with Crippen LogP contribution in [0, 0.1) is 0 Å². The highest BCUT2D eigenvalue weighted by Crippen LogP contribution is 2.26. The highest BCUT2D eigenvalue weighted by atomic mass is 19.4. The lowest BCUT2D eigenvalue weighted by Gasteiger charge is -2.08. The summed E-state index contributed by atoms with van der Waals surface area (Å²) in [6.07, 6.45) is -3.02. The molecule has 7 heteroatoms. The number of ether oxygens (including phenoxy) is 1. The number of aldehydes is 1. The molecule has 0 saturated carbocycles. The second-order valence-corrected chi connectivity index (χ2v) is 3.26. The first-order valence-electron chi connectivity index (χ1n) is 4.75. The van der Waals surface area contributed by atoms with Crippen molar-refractivity contribution < 1.29 is 27.1 Å². The number of oxazole rings is 1. The Morgan fingerprint density at radius 2 is 1.89 bits per heavy atom. The summed E-state index contributed by atoms with van der Waals surface area (Å²) in [4.78, 5) is 14.2. The normalized spacial score (nSPS) is 11.3. The lowest BCUT2D eigenvalue weighted by Crippen LogP contribution is -2.16. The summed E-state index contributed by atoms with van der Waals surface area (Å²) in [5.74, 6) is -0.148. The summed E-state index contributed by atoms with van der Waals surface area (Å²) in [6.45, 7) is 0. The Morgan fingerprint density at radius 1 is 1.22 bits per heavy atom. The molecule has 0 aliphatic rings. The SMILES string of the molecule is O=Cc1cnc(-c2ccc(OC(F)(F)F)cc2)o1. The third-order valence-electron chi connectivity index (χ3n) is 1.97. The van der Waals surface area contributed by atoms with Crippen molar-refractivity contribution in [3.63, 3.8) is 0 Å². The molecule has 0 fully saturated rings. The highest BCUT2D eigenvalue weighted by molar-refractivity contribution is 5.71. The zero-order valence-electron chi connectivity index (χ0n) is 8.77. The van der Waals surface area contributed by atoms with Crippen LogP contribution in [0.1, 0.15) is 10.6 Å². The number of carbonyl (C=O) groups excluding carboxylic acids is 1. The predicted molar refractivity (Wildman–Crippen MR) is 54.0 cm³/mol. The van der Waals surface area contributed by atoms with E-state index in [-0.39, 0.29) is 17.4 Å². The number of rotatable bonds is 3. The number of carbonyl (C=O) groups is 1. The molecule has 94 valence electrons. The van der Waals surface area contributed by atoms with E-state index < -0.39 is 6.36 Å². The van der Waals surface area contributed by atoms with Gasteiger partial charge in [-0.05, 0) is 24.3 Å². The van der Waals surface area contributed by atoms with Crippen LogP contribution in [0.3, 0.4) is 0 Å². The fourth-order valence-electron chi connectivity index (χ4n) is 1.27. The van der Waals surface area contributed by atoms with Gasteiger partial charge in [-0.2, -0.15) is 0 Å². The third kappa shape index (κ3) is 2.88. The Hall–Kier alpha value is -2.31. The van der Waals surface area contributed by atoms with Gasteiger partial charge < -0.3 is 9.15 Å². The van der Waals surface area contributed by atoms with E-state index in [1.807, 2.05) is 0 Å². The van der Waals surface area contributed by atoms with Crippen LogP contribution in [0.5, 0.6) is 5.75 Å². The van der Waals surface area contributed by atoms with E-state index in [2.05, 4.69) is 9.72 Å². The highest BCUT2D eigenvalue weighted by Gasteiger charge is 2.31. The fraction of sp³-hybridized carbons (Fsp3) is 0.0909. The largest absolute Gasteiger partial charge is 0.573 e. The standard InChI is InChI=1S/C11H6F3NO3/c12-11(13,14)18-8-3-1-7(2-4-8)10-15-5-9(6-16)17-10/h1-6H. The summed E-state index contributed by atoms with van der Waals surface area (Å²) in [7, 11) is 0. The molecule has 0 saturated heterocycles. The van der Waals surface area contributed by atoms with Crippen LogP contribution in [0.25, 0.3) is 11.5 Å². The van der Waals surface area contributed by atoms with Crippen molar-refractivity contribution in [1.29, 1.82) is 0 Å². The number of hydrogen-bond acceptors (Lipinski definition) is 4. The summed E-state index contributed by atoms with van der Waals surface area (Å²) in [5.41, 5.74) is 0.442. The summed E-state index contributed by atoms with van der Waals surface area (Å²) in [5, 5.41) is 0. The van der Waals surface area contributed by atoms with Gasteiger partial charge in [0.1, 0.15) is 5.75 Å². The average Bonchev–Trinajstić information content (AvgIpc) is 2.76. The Bertz CT molecular complexity index is 545. The van der Waals surface area contributed by atoms with Crippen molar-refractivity contribution in [2.24, 2.45) is 0 Å². The van der Waals surface area contributed by atoms with Gasteiger partial charge in [-0.15, -0.1) is 13.2 Å². The second kappa shape index (κ2) is 4.52. The zero-order valence-corrected chi connectivity index (χ0v) is 8.77. The van der Waals surface area contributed by atoms with Crippen molar-refractivity contribution in [3.8, 4) is 17.2 Å². The molecule has 0 bridgehead atoms. The van der Waals surface area contributed by atoms with E-state index in [1.165, 1.54) is 18.3 Å². The molecular weight excluding hydrogens is 251 g/mol. The van der Waals surface area contributed by atoms with Gasteiger partial charge in [0.15, 0.2) is 12.0 Å². The summed E-state index contributed by atoms with van der Waals surface area (Å²) >= 11 is 0. The minimum atomic E-state index is -4.73. The van der Waals surface area contributed by atoms with E-state index in [0.717, 1.165) is 12.1 Å². The van der Waals surface area contributed by atoms with Gasteiger partial charge in [-0.1, -0.05) is 0 Å². The summed E-state index contributed by atoms with van der Waals surface area (Å²) < 4.78 is 44.5. The molecule has 18 heavy (non-hydrogen) atoms. The first-order chi connectivity index (χ1) is 8.48. The maximum atomic E-state index is 11.9. The maximum Gasteiger partial charge on any atom is 0.573 e. The van der Waals surface area contributed by atoms with Crippen molar-refractivity contribution in [2.75, 3.05) is 0 Å². The van der Waals surface area contributed by atoms with Crippen LogP contribution in [-0.2, 0) is 0 Å². The van der Waals surface area contributed by atoms with Gasteiger partial charge in [0, 0.05) is 5.56 Å². The number of nitrogens with zero attached hydrogens (tertiary/aromatic N) is 1. The van der Waals surface area contributed by atoms with E-state index in [0.29, 0.717) is 11.8 Å². The first kappa shape index (κ1) is 12.2. The Morgan fingerprint density at radius 3 is 2.39 bits per heavy atom. The zero-order chi connectivity index (χ0) is 13.2. The topological polar surface area (TPSA) is 52.3 Å². The minimum Gasteiger partial charge on any atom is -0.433 e. The molecule has 0 unspecified atom stereocenters. The van der Waals surface area contributed by atoms with Crippen LogP contribution in [0.4, 0.5) is 13.2 Å². The average molecular weight is 257 g/mol. The molecule has 4 nitrogen and oxygen atoms in total. The Labute approximate surface area is 99.0 Å². The van der Waals surface area contributed by atoms with Crippen LogP contribution in [-0.4, -0.2) is 17.6 Å².